The zero-order valence-corrected chi connectivity index (χ0v) is 24.3. The average Bonchev–Trinajstić information content (AvgIpc) is 3.23. The average molecular weight is 624 g/mol. The molecule has 1 heterocycles. The Morgan fingerprint density at radius 1 is 0.902 bits per heavy atom. The molecular formula is C31H21Cl3N2O4S. The maximum atomic E-state index is 13.6. The number of hydrogen-bond acceptors (Lipinski definition) is 5. The number of para-hydroxylation sites is 1. The van der Waals surface area contributed by atoms with Crippen molar-refractivity contribution in [2.45, 2.75) is 13.2 Å². The van der Waals surface area contributed by atoms with Gasteiger partial charge in [-0.3, -0.25) is 9.69 Å². The van der Waals surface area contributed by atoms with Crippen molar-refractivity contribution < 1.29 is 19.4 Å². The van der Waals surface area contributed by atoms with E-state index in [4.69, 9.17) is 44.5 Å². The number of benzene rings is 4. The monoisotopic (exact) mass is 622 g/mol. The molecule has 1 saturated heterocycles. The lowest BCUT2D eigenvalue weighted by Gasteiger charge is -2.16. The minimum Gasteiger partial charge on any atom is -0.486 e. The van der Waals surface area contributed by atoms with Gasteiger partial charge < -0.3 is 9.84 Å². The van der Waals surface area contributed by atoms with Crippen molar-refractivity contribution in [3.8, 4) is 5.75 Å². The summed E-state index contributed by atoms with van der Waals surface area (Å²) >= 11 is 20.5. The Balaban J connectivity index is 1.41. The number of aromatic carboxylic acids is 1. The Morgan fingerprint density at radius 3 is 2.22 bits per heavy atom. The molecular weight excluding hydrogens is 603 g/mol. The number of thioether (sulfide) groups is 1. The predicted molar refractivity (Wildman–Crippen MR) is 165 cm³/mol. The van der Waals surface area contributed by atoms with Crippen LogP contribution in [0.2, 0.25) is 15.1 Å². The Morgan fingerprint density at radius 2 is 1.56 bits per heavy atom. The summed E-state index contributed by atoms with van der Waals surface area (Å²) in [5.41, 5.74) is 3.04. The van der Waals surface area contributed by atoms with Gasteiger partial charge in [-0.2, -0.15) is 0 Å². The Labute approximate surface area is 255 Å². The summed E-state index contributed by atoms with van der Waals surface area (Å²) in [4.78, 5) is 31.5. The topological polar surface area (TPSA) is 79.2 Å². The molecule has 0 spiro atoms. The molecule has 1 amide bonds. The van der Waals surface area contributed by atoms with Crippen LogP contribution in [-0.2, 0) is 17.9 Å². The Bertz CT molecular complexity index is 1650. The van der Waals surface area contributed by atoms with Crippen molar-refractivity contribution in [2.75, 3.05) is 0 Å². The molecule has 0 bridgehead atoms. The lowest BCUT2D eigenvalue weighted by molar-refractivity contribution is -0.122. The van der Waals surface area contributed by atoms with Crippen LogP contribution >= 0.6 is 46.6 Å². The highest BCUT2D eigenvalue weighted by molar-refractivity contribution is 8.18. The van der Waals surface area contributed by atoms with E-state index < -0.39 is 5.97 Å². The third-order valence-electron chi connectivity index (χ3n) is 6.06. The first kappa shape index (κ1) is 28.8. The number of carboxylic acids is 1. The molecule has 0 atom stereocenters. The number of amides is 1. The van der Waals surface area contributed by atoms with Crippen molar-refractivity contribution >= 4 is 75.4 Å². The molecule has 0 unspecified atom stereocenters. The van der Waals surface area contributed by atoms with Gasteiger partial charge in [0.15, 0.2) is 10.9 Å². The molecule has 1 fully saturated rings. The third kappa shape index (κ3) is 6.94. The summed E-state index contributed by atoms with van der Waals surface area (Å²) < 4.78 is 5.87. The molecule has 6 nitrogen and oxygen atoms in total. The normalized spacial score (nSPS) is 15.1. The quantitative estimate of drug-likeness (QED) is 0.199. The van der Waals surface area contributed by atoms with Crippen molar-refractivity contribution in [2.24, 2.45) is 4.99 Å². The Hall–Kier alpha value is -3.75. The lowest BCUT2D eigenvalue weighted by Crippen LogP contribution is -2.28. The third-order valence-corrected chi connectivity index (χ3v) is 8.00. The second-order valence-electron chi connectivity index (χ2n) is 8.93. The minimum atomic E-state index is -1.02. The second-order valence-corrected chi connectivity index (χ2v) is 11.2. The summed E-state index contributed by atoms with van der Waals surface area (Å²) in [6.45, 7) is 0.403. The summed E-state index contributed by atoms with van der Waals surface area (Å²) in [5, 5.41) is 10.9. The fourth-order valence-electron chi connectivity index (χ4n) is 4.00. The van der Waals surface area contributed by atoms with Crippen molar-refractivity contribution in [3.05, 3.63) is 133 Å². The maximum absolute atomic E-state index is 13.6. The molecule has 0 radical (unpaired) electrons. The fraction of sp³-hybridized carbons (Fsp3) is 0.0645. The number of ether oxygens (including phenoxy) is 1. The molecule has 10 heteroatoms. The van der Waals surface area contributed by atoms with Gasteiger partial charge in [0.1, 0.15) is 6.61 Å². The molecule has 1 N–H and O–H groups in total. The maximum Gasteiger partial charge on any atom is 0.335 e. The van der Waals surface area contributed by atoms with E-state index >= 15 is 0 Å². The number of carbonyl (C=O) groups is 2. The predicted octanol–water partition coefficient (Wildman–Crippen LogP) is 8.73. The van der Waals surface area contributed by atoms with Crippen LogP contribution in [0.4, 0.5) is 5.69 Å². The fourth-order valence-corrected chi connectivity index (χ4v) is 5.80. The number of carboxylic acid groups (broad SMARTS) is 1. The van der Waals surface area contributed by atoms with E-state index in [-0.39, 0.29) is 24.6 Å². The summed E-state index contributed by atoms with van der Waals surface area (Å²) in [5.74, 6) is -0.949. The van der Waals surface area contributed by atoms with E-state index in [1.807, 2.05) is 48.5 Å². The van der Waals surface area contributed by atoms with Crippen LogP contribution in [0.5, 0.6) is 5.75 Å². The van der Waals surface area contributed by atoms with Crippen LogP contribution < -0.4 is 4.74 Å². The molecule has 1 aliphatic rings. The first-order chi connectivity index (χ1) is 19.8. The van der Waals surface area contributed by atoms with Crippen LogP contribution in [0.1, 0.15) is 27.0 Å². The van der Waals surface area contributed by atoms with Gasteiger partial charge in [0.2, 0.25) is 0 Å². The van der Waals surface area contributed by atoms with Gasteiger partial charge in [0.05, 0.1) is 32.7 Å². The van der Waals surface area contributed by atoms with Crippen molar-refractivity contribution in [1.82, 2.24) is 4.90 Å². The molecule has 4 aromatic rings. The molecule has 4 aromatic carbocycles. The molecule has 0 aromatic heterocycles. The smallest absolute Gasteiger partial charge is 0.335 e. The van der Waals surface area contributed by atoms with E-state index in [1.54, 1.807) is 41.3 Å². The minimum absolute atomic E-state index is 0.169. The van der Waals surface area contributed by atoms with E-state index in [1.165, 1.54) is 23.9 Å². The van der Waals surface area contributed by atoms with Gasteiger partial charge in [-0.05, 0) is 71.4 Å². The number of rotatable bonds is 8. The molecule has 41 heavy (non-hydrogen) atoms. The summed E-state index contributed by atoms with van der Waals surface area (Å²) in [6.07, 6.45) is 1.71. The number of halogens is 3. The summed E-state index contributed by atoms with van der Waals surface area (Å²) in [6, 6.07) is 26.4. The number of aliphatic imine (C=N–C) groups is 1. The van der Waals surface area contributed by atoms with Crippen molar-refractivity contribution in [1.29, 1.82) is 0 Å². The van der Waals surface area contributed by atoms with Gasteiger partial charge in [-0.25, -0.2) is 9.79 Å². The van der Waals surface area contributed by atoms with Gasteiger partial charge >= 0.3 is 5.97 Å². The highest BCUT2D eigenvalue weighted by Crippen LogP contribution is 2.39. The highest BCUT2D eigenvalue weighted by atomic mass is 35.5. The number of amidine groups is 1. The van der Waals surface area contributed by atoms with Crippen LogP contribution in [0.3, 0.4) is 0 Å². The number of carbonyl (C=O) groups excluding carboxylic acids is 1. The van der Waals surface area contributed by atoms with Crippen LogP contribution in [0.15, 0.2) is 101 Å². The van der Waals surface area contributed by atoms with Crippen LogP contribution in [0.25, 0.3) is 6.08 Å². The number of hydrogen-bond donors (Lipinski definition) is 1. The zero-order chi connectivity index (χ0) is 28.9. The molecule has 0 aliphatic carbocycles. The standard InChI is InChI=1S/C31H21Cl3N2O4S/c32-24-9-5-4-6-22(24)18-40-28-25(33)14-20(15-26(28)34)16-27-29(37)36(17-19-10-12-21(13-11-19)30(38)39)31(41-27)35-23-7-2-1-3-8-23/h1-16H,17-18H2,(H,38,39)/b27-16+,35-31?. The highest BCUT2D eigenvalue weighted by Gasteiger charge is 2.33. The largest absolute Gasteiger partial charge is 0.486 e. The Kier molecular flexibility index (Phi) is 9.00. The van der Waals surface area contributed by atoms with E-state index in [2.05, 4.69) is 0 Å². The molecule has 0 saturated carbocycles. The molecule has 1 aliphatic heterocycles. The SMILES string of the molecule is O=C(O)c1ccc(CN2C(=O)/C(=C\c3cc(Cl)c(OCc4ccccc4Cl)c(Cl)c3)SC2=Nc2ccccc2)cc1. The van der Waals surface area contributed by atoms with Crippen LogP contribution in [0, 0.1) is 0 Å². The molecule has 5 rings (SSSR count). The lowest BCUT2D eigenvalue weighted by atomic mass is 10.1. The van der Waals surface area contributed by atoms with Crippen molar-refractivity contribution in [3.63, 3.8) is 0 Å². The second kappa shape index (κ2) is 12.8. The van der Waals surface area contributed by atoms with Gasteiger partial charge in [-0.1, -0.05) is 83.3 Å². The summed E-state index contributed by atoms with van der Waals surface area (Å²) in [7, 11) is 0. The zero-order valence-electron chi connectivity index (χ0n) is 21.3. The van der Waals surface area contributed by atoms with Gasteiger partial charge in [0, 0.05) is 10.6 Å². The first-order valence-electron chi connectivity index (χ1n) is 12.3. The van der Waals surface area contributed by atoms with Gasteiger partial charge in [0.25, 0.3) is 5.91 Å². The van der Waals surface area contributed by atoms with Crippen LogP contribution in [-0.4, -0.2) is 27.1 Å². The first-order valence-corrected chi connectivity index (χ1v) is 14.3. The van der Waals surface area contributed by atoms with E-state index in [9.17, 15) is 14.7 Å². The number of nitrogens with zero attached hydrogens (tertiary/aromatic N) is 2. The van der Waals surface area contributed by atoms with E-state index in [0.717, 1.165) is 11.1 Å². The van der Waals surface area contributed by atoms with E-state index in [0.29, 0.717) is 42.1 Å². The van der Waals surface area contributed by atoms with Gasteiger partial charge in [-0.15, -0.1) is 0 Å². The molecule has 206 valence electrons.